The Morgan fingerprint density at radius 1 is 1.04 bits per heavy atom. The summed E-state index contributed by atoms with van der Waals surface area (Å²) in [6.45, 7) is 10.9. The van der Waals surface area contributed by atoms with E-state index >= 15 is 0 Å². The molecule has 2 amide bonds. The number of ether oxygens (including phenoxy) is 1. The number of alkyl halides is 2. The van der Waals surface area contributed by atoms with Gasteiger partial charge in [0.1, 0.15) is 17.2 Å². The van der Waals surface area contributed by atoms with Gasteiger partial charge in [-0.1, -0.05) is 5.16 Å². The highest BCUT2D eigenvalue weighted by atomic mass is 19.3. The zero-order valence-corrected chi connectivity index (χ0v) is 27.7. The average Bonchev–Trinajstić information content (AvgIpc) is 3.66. The fourth-order valence-corrected chi connectivity index (χ4v) is 6.11. The van der Waals surface area contributed by atoms with E-state index in [-0.39, 0.29) is 54.2 Å². The molecule has 0 bridgehead atoms. The van der Waals surface area contributed by atoms with Gasteiger partial charge in [-0.05, 0) is 71.2 Å². The van der Waals surface area contributed by atoms with E-state index in [2.05, 4.69) is 25.4 Å². The van der Waals surface area contributed by atoms with E-state index in [1.54, 1.807) is 35.5 Å². The molecule has 0 spiro atoms. The number of hydrogen-bond donors (Lipinski definition) is 1. The van der Waals surface area contributed by atoms with Crippen molar-refractivity contribution in [1.82, 2.24) is 30.3 Å². The van der Waals surface area contributed by atoms with Gasteiger partial charge in [0.2, 0.25) is 11.8 Å². The number of aromatic nitrogens is 4. The van der Waals surface area contributed by atoms with Gasteiger partial charge in [-0.2, -0.15) is 13.8 Å². The second-order valence-electron chi connectivity index (χ2n) is 13.5. The molecule has 0 aliphatic carbocycles. The molecule has 2 fully saturated rings. The van der Waals surface area contributed by atoms with Gasteiger partial charge in [-0.3, -0.25) is 4.79 Å². The van der Waals surface area contributed by atoms with Crippen LogP contribution in [0.3, 0.4) is 0 Å². The summed E-state index contributed by atoms with van der Waals surface area (Å²) in [4.78, 5) is 44.3. The fourth-order valence-electron chi connectivity index (χ4n) is 6.11. The SMILES string of the molecule is CC(C)N(C(=O)c1cnc(N2CC(NC(=O)OC(C)(C)C)C(c3cc(F)ccc3F)C2)nc1)C1CCN(c2nc(C(C)(F)F)no2)CC1. The van der Waals surface area contributed by atoms with Gasteiger partial charge in [0.15, 0.2) is 0 Å². The van der Waals surface area contributed by atoms with E-state index in [1.165, 1.54) is 12.4 Å². The predicted molar refractivity (Wildman–Crippen MR) is 167 cm³/mol. The molecule has 5 rings (SSSR count). The van der Waals surface area contributed by atoms with Crippen LogP contribution < -0.4 is 15.1 Å². The normalized spacial score (nSPS) is 19.1. The zero-order chi connectivity index (χ0) is 35.0. The van der Waals surface area contributed by atoms with E-state index in [0.717, 1.165) is 18.2 Å². The Morgan fingerprint density at radius 3 is 2.29 bits per heavy atom. The first kappa shape index (κ1) is 34.8. The Balaban J connectivity index is 1.28. The van der Waals surface area contributed by atoms with Crippen molar-refractivity contribution >= 4 is 24.0 Å². The molecule has 260 valence electrons. The standard InChI is InChI=1S/C32H40F4N8O4/c1-18(2)44(21-9-11-42(12-10-21)29-40-27(41-48-29)32(6,35)36)26(45)19-14-37-28(38-15-19)43-16-23(22-13-20(33)7-8-24(22)34)25(17-43)39-30(46)47-31(3,4)5/h7-8,13-15,18,21,23,25H,9-12,16-17H2,1-6H3,(H,39,46). The predicted octanol–water partition coefficient (Wildman–Crippen LogP) is 5.27. The van der Waals surface area contributed by atoms with Crippen molar-refractivity contribution in [2.24, 2.45) is 0 Å². The number of benzene rings is 1. The van der Waals surface area contributed by atoms with Crippen molar-refractivity contribution < 1.29 is 36.4 Å². The van der Waals surface area contributed by atoms with Gasteiger partial charge < -0.3 is 29.3 Å². The van der Waals surface area contributed by atoms with Crippen LogP contribution in [-0.2, 0) is 10.7 Å². The van der Waals surface area contributed by atoms with E-state index in [1.807, 2.05) is 13.8 Å². The Bertz CT molecular complexity index is 1600. The summed E-state index contributed by atoms with van der Waals surface area (Å²) in [6.07, 6.45) is 3.24. The lowest BCUT2D eigenvalue weighted by molar-refractivity contribution is 0.00556. The van der Waals surface area contributed by atoms with Crippen LogP contribution in [0.15, 0.2) is 35.1 Å². The topological polar surface area (TPSA) is 130 Å². The van der Waals surface area contributed by atoms with Crippen LogP contribution in [0.25, 0.3) is 0 Å². The number of nitrogens with zero attached hydrogens (tertiary/aromatic N) is 7. The Labute approximate surface area is 275 Å². The number of nitrogens with one attached hydrogen (secondary N) is 1. The molecular weight excluding hydrogens is 636 g/mol. The summed E-state index contributed by atoms with van der Waals surface area (Å²) in [5, 5.41) is 6.18. The lowest BCUT2D eigenvalue weighted by Gasteiger charge is -2.40. The minimum absolute atomic E-state index is 0.0178. The quantitative estimate of drug-likeness (QED) is 0.315. The van der Waals surface area contributed by atoms with Crippen LogP contribution in [0.2, 0.25) is 0 Å². The van der Waals surface area contributed by atoms with Gasteiger partial charge in [-0.25, -0.2) is 23.5 Å². The first-order chi connectivity index (χ1) is 22.5. The second kappa shape index (κ2) is 13.5. The van der Waals surface area contributed by atoms with Crippen molar-refractivity contribution in [2.75, 3.05) is 36.0 Å². The summed E-state index contributed by atoms with van der Waals surface area (Å²) in [5.74, 6) is -5.77. The number of piperidine rings is 1. The molecule has 0 saturated carbocycles. The second-order valence-corrected chi connectivity index (χ2v) is 13.5. The van der Waals surface area contributed by atoms with Crippen LogP contribution in [0.4, 0.5) is 34.3 Å². The molecule has 2 aliphatic heterocycles. The maximum absolute atomic E-state index is 14.9. The Morgan fingerprint density at radius 2 is 1.71 bits per heavy atom. The van der Waals surface area contributed by atoms with Crippen molar-refractivity contribution in [1.29, 1.82) is 0 Å². The summed E-state index contributed by atoms with van der Waals surface area (Å²) < 4.78 is 66.6. The number of carbonyl (C=O) groups excluding carboxylic acids is 2. The molecule has 12 nitrogen and oxygen atoms in total. The molecule has 16 heteroatoms. The van der Waals surface area contributed by atoms with Crippen LogP contribution in [0.5, 0.6) is 0 Å². The number of alkyl carbamates (subject to hydrolysis) is 1. The highest BCUT2D eigenvalue weighted by Gasteiger charge is 2.39. The molecule has 4 heterocycles. The number of rotatable bonds is 8. The lowest BCUT2D eigenvalue weighted by atomic mass is 9.94. The van der Waals surface area contributed by atoms with Crippen molar-refractivity contribution in [3.63, 3.8) is 0 Å². The maximum atomic E-state index is 14.9. The first-order valence-corrected chi connectivity index (χ1v) is 15.8. The smallest absolute Gasteiger partial charge is 0.407 e. The molecule has 2 saturated heterocycles. The number of amides is 2. The van der Waals surface area contributed by atoms with Gasteiger partial charge in [0, 0.05) is 63.5 Å². The summed E-state index contributed by atoms with van der Waals surface area (Å²) in [6, 6.07) is 2.25. The first-order valence-electron chi connectivity index (χ1n) is 15.8. The van der Waals surface area contributed by atoms with Crippen LogP contribution in [-0.4, -0.2) is 86.9 Å². The maximum Gasteiger partial charge on any atom is 0.407 e. The third kappa shape index (κ3) is 7.96. The number of halogens is 4. The number of anilines is 2. The van der Waals surface area contributed by atoms with E-state index in [0.29, 0.717) is 32.9 Å². The molecule has 3 aromatic rings. The van der Waals surface area contributed by atoms with Crippen LogP contribution in [0.1, 0.15) is 82.0 Å². The van der Waals surface area contributed by atoms with Crippen LogP contribution in [0, 0.1) is 11.6 Å². The third-order valence-electron chi connectivity index (χ3n) is 8.27. The lowest BCUT2D eigenvalue weighted by Crippen LogP contribution is -2.50. The van der Waals surface area contributed by atoms with Gasteiger partial charge in [0.05, 0.1) is 11.6 Å². The van der Waals surface area contributed by atoms with E-state index in [9.17, 15) is 27.2 Å². The van der Waals surface area contributed by atoms with Gasteiger partial charge in [0.25, 0.3) is 5.91 Å². The molecule has 0 radical (unpaired) electrons. The highest BCUT2D eigenvalue weighted by Crippen LogP contribution is 2.33. The molecule has 1 N–H and O–H groups in total. The summed E-state index contributed by atoms with van der Waals surface area (Å²) in [7, 11) is 0. The third-order valence-corrected chi connectivity index (χ3v) is 8.27. The molecule has 48 heavy (non-hydrogen) atoms. The monoisotopic (exact) mass is 676 g/mol. The van der Waals surface area contributed by atoms with Gasteiger partial charge >= 0.3 is 18.0 Å². The van der Waals surface area contributed by atoms with Crippen molar-refractivity contribution in [3.8, 4) is 0 Å². The Hall–Kier alpha value is -4.50. The van der Waals surface area contributed by atoms with E-state index < -0.39 is 47.0 Å². The molecule has 1 aromatic carbocycles. The van der Waals surface area contributed by atoms with Crippen molar-refractivity contribution in [3.05, 3.63) is 59.2 Å². The van der Waals surface area contributed by atoms with Gasteiger partial charge in [-0.15, -0.1) is 0 Å². The zero-order valence-electron chi connectivity index (χ0n) is 27.7. The van der Waals surface area contributed by atoms with Crippen LogP contribution >= 0.6 is 0 Å². The molecule has 2 unspecified atom stereocenters. The molecule has 2 aliphatic rings. The Kier molecular flexibility index (Phi) is 9.83. The number of carbonyl (C=O) groups is 2. The molecule has 2 aromatic heterocycles. The highest BCUT2D eigenvalue weighted by molar-refractivity contribution is 5.94. The minimum atomic E-state index is -3.22. The molecular formula is C32H40F4N8O4. The van der Waals surface area contributed by atoms with Crippen molar-refractivity contribution in [2.45, 2.75) is 90.0 Å². The summed E-state index contributed by atoms with van der Waals surface area (Å²) >= 11 is 0. The average molecular weight is 677 g/mol. The summed E-state index contributed by atoms with van der Waals surface area (Å²) in [5.41, 5.74) is -0.398. The largest absolute Gasteiger partial charge is 0.444 e. The van der Waals surface area contributed by atoms with E-state index in [4.69, 9.17) is 9.26 Å². The minimum Gasteiger partial charge on any atom is -0.444 e. The fraction of sp³-hybridized carbons (Fsp3) is 0.562. The molecule has 2 atom stereocenters. The number of hydrogen-bond acceptors (Lipinski definition) is 10.